The van der Waals surface area contributed by atoms with Gasteiger partial charge in [-0.25, -0.2) is 4.98 Å². The van der Waals surface area contributed by atoms with E-state index in [1.54, 1.807) is 23.8 Å². The minimum Gasteiger partial charge on any atom is -0.326 e. The standard InChI is InChI=1S/C19H15F3N4O2S/c1-11(27)24-13-4-5-16(15(7-13)19(20,21)22)26-17(28)8-14-10-29-18(25-14)12-3-2-6-23-9-12/h2-7,9-10H,8H2,1H3,(H,24,27)(H,26,28). The van der Waals surface area contributed by atoms with Gasteiger partial charge >= 0.3 is 6.18 Å². The quantitative estimate of drug-likeness (QED) is 0.642. The molecule has 0 saturated carbocycles. The first kappa shape index (κ1) is 20.5. The average Bonchev–Trinajstić information content (AvgIpc) is 3.11. The number of pyridine rings is 1. The van der Waals surface area contributed by atoms with Crippen LogP contribution in [0.5, 0.6) is 0 Å². The maximum absolute atomic E-state index is 13.4. The van der Waals surface area contributed by atoms with E-state index in [1.807, 2.05) is 6.07 Å². The van der Waals surface area contributed by atoms with Gasteiger partial charge in [-0.3, -0.25) is 14.6 Å². The summed E-state index contributed by atoms with van der Waals surface area (Å²) in [6.45, 7) is 1.19. The molecule has 0 atom stereocenters. The van der Waals surface area contributed by atoms with Crippen molar-refractivity contribution in [1.82, 2.24) is 9.97 Å². The molecule has 2 amide bonds. The lowest BCUT2D eigenvalue weighted by molar-refractivity contribution is -0.137. The second-order valence-corrected chi connectivity index (χ2v) is 6.91. The third kappa shape index (κ3) is 5.38. The fourth-order valence-electron chi connectivity index (χ4n) is 2.54. The molecule has 3 aromatic rings. The molecule has 10 heteroatoms. The van der Waals surface area contributed by atoms with Crippen molar-refractivity contribution in [3.05, 3.63) is 59.4 Å². The Morgan fingerprint density at radius 3 is 2.62 bits per heavy atom. The molecule has 0 fully saturated rings. The first-order valence-corrected chi connectivity index (χ1v) is 9.24. The number of amides is 2. The second kappa shape index (κ2) is 8.39. The topological polar surface area (TPSA) is 84.0 Å². The highest BCUT2D eigenvalue weighted by Crippen LogP contribution is 2.36. The second-order valence-electron chi connectivity index (χ2n) is 6.05. The van der Waals surface area contributed by atoms with Crippen LogP contribution in [0.1, 0.15) is 18.2 Å². The van der Waals surface area contributed by atoms with Crippen molar-refractivity contribution >= 4 is 34.5 Å². The number of alkyl halides is 3. The number of carbonyl (C=O) groups is 2. The van der Waals surface area contributed by atoms with Crippen LogP contribution in [0.4, 0.5) is 24.5 Å². The number of benzene rings is 1. The SMILES string of the molecule is CC(=O)Nc1ccc(NC(=O)Cc2csc(-c3cccnc3)n2)c(C(F)(F)F)c1. The summed E-state index contributed by atoms with van der Waals surface area (Å²) in [4.78, 5) is 31.7. The van der Waals surface area contributed by atoms with Crippen LogP contribution in [0.2, 0.25) is 0 Å². The molecule has 0 saturated heterocycles. The van der Waals surface area contributed by atoms with E-state index < -0.39 is 23.6 Å². The molecule has 0 aliphatic carbocycles. The van der Waals surface area contributed by atoms with E-state index in [9.17, 15) is 22.8 Å². The van der Waals surface area contributed by atoms with Crippen molar-refractivity contribution < 1.29 is 22.8 Å². The largest absolute Gasteiger partial charge is 0.418 e. The molecule has 0 bridgehead atoms. The Labute approximate surface area is 167 Å². The van der Waals surface area contributed by atoms with Gasteiger partial charge in [-0.2, -0.15) is 13.2 Å². The lowest BCUT2D eigenvalue weighted by Crippen LogP contribution is -2.19. The first-order chi connectivity index (χ1) is 13.7. The van der Waals surface area contributed by atoms with Crippen molar-refractivity contribution in [3.8, 4) is 10.6 Å². The van der Waals surface area contributed by atoms with E-state index >= 15 is 0 Å². The molecule has 0 aliphatic rings. The van der Waals surface area contributed by atoms with E-state index in [2.05, 4.69) is 20.6 Å². The van der Waals surface area contributed by atoms with E-state index in [1.165, 1.54) is 24.3 Å². The summed E-state index contributed by atoms with van der Waals surface area (Å²) in [7, 11) is 0. The van der Waals surface area contributed by atoms with Gasteiger partial charge in [-0.1, -0.05) is 0 Å². The molecule has 2 N–H and O–H groups in total. The highest BCUT2D eigenvalue weighted by molar-refractivity contribution is 7.13. The molecule has 2 aromatic heterocycles. The van der Waals surface area contributed by atoms with E-state index in [0.29, 0.717) is 10.7 Å². The van der Waals surface area contributed by atoms with Crippen molar-refractivity contribution in [3.63, 3.8) is 0 Å². The Hall–Kier alpha value is -3.27. The van der Waals surface area contributed by atoms with Crippen molar-refractivity contribution in [2.75, 3.05) is 10.6 Å². The van der Waals surface area contributed by atoms with E-state index in [0.717, 1.165) is 17.7 Å². The number of rotatable bonds is 5. The number of halogens is 3. The van der Waals surface area contributed by atoms with Gasteiger partial charge in [0.15, 0.2) is 0 Å². The van der Waals surface area contributed by atoms with Crippen LogP contribution in [-0.2, 0) is 22.2 Å². The monoisotopic (exact) mass is 420 g/mol. The number of anilines is 2. The van der Waals surface area contributed by atoms with Gasteiger partial charge < -0.3 is 10.6 Å². The number of aromatic nitrogens is 2. The fourth-order valence-corrected chi connectivity index (χ4v) is 3.35. The molecule has 1 aromatic carbocycles. The maximum Gasteiger partial charge on any atom is 0.418 e. The Morgan fingerprint density at radius 1 is 1.17 bits per heavy atom. The van der Waals surface area contributed by atoms with Crippen molar-refractivity contribution in [1.29, 1.82) is 0 Å². The lowest BCUT2D eigenvalue weighted by atomic mass is 10.1. The maximum atomic E-state index is 13.4. The summed E-state index contributed by atoms with van der Waals surface area (Å²) < 4.78 is 40.1. The van der Waals surface area contributed by atoms with Crippen LogP contribution in [-0.4, -0.2) is 21.8 Å². The molecule has 0 radical (unpaired) electrons. The Kier molecular flexibility index (Phi) is 5.92. The number of hydrogen-bond donors (Lipinski definition) is 2. The van der Waals surface area contributed by atoms with Gasteiger partial charge in [0.2, 0.25) is 11.8 Å². The van der Waals surface area contributed by atoms with Gasteiger partial charge in [0.05, 0.1) is 23.4 Å². The Morgan fingerprint density at radius 2 is 1.97 bits per heavy atom. The van der Waals surface area contributed by atoms with Gasteiger partial charge in [0.1, 0.15) is 5.01 Å². The lowest BCUT2D eigenvalue weighted by Gasteiger charge is -2.15. The molecule has 6 nitrogen and oxygen atoms in total. The first-order valence-electron chi connectivity index (χ1n) is 8.36. The number of nitrogens with one attached hydrogen (secondary N) is 2. The Bertz CT molecular complexity index is 1040. The van der Waals surface area contributed by atoms with Crippen molar-refractivity contribution in [2.45, 2.75) is 19.5 Å². The summed E-state index contributed by atoms with van der Waals surface area (Å²) in [5.41, 5.74) is -0.221. The molecule has 150 valence electrons. The molecule has 2 heterocycles. The van der Waals surface area contributed by atoms with Crippen LogP contribution in [0.3, 0.4) is 0 Å². The predicted octanol–water partition coefficient (Wildman–Crippen LogP) is 4.36. The average molecular weight is 420 g/mol. The smallest absolute Gasteiger partial charge is 0.326 e. The zero-order valence-electron chi connectivity index (χ0n) is 15.1. The highest BCUT2D eigenvalue weighted by Gasteiger charge is 2.34. The summed E-state index contributed by atoms with van der Waals surface area (Å²) in [6.07, 6.45) is -1.62. The normalized spacial score (nSPS) is 11.2. The van der Waals surface area contributed by atoms with Gasteiger partial charge in [-0.05, 0) is 30.3 Å². The summed E-state index contributed by atoms with van der Waals surface area (Å²) in [5.74, 6) is -1.13. The fraction of sp³-hybridized carbons (Fsp3) is 0.158. The molecule has 0 unspecified atom stereocenters. The highest BCUT2D eigenvalue weighted by atomic mass is 32.1. The number of thiazole rings is 1. The molecule has 29 heavy (non-hydrogen) atoms. The van der Waals surface area contributed by atoms with Crippen molar-refractivity contribution in [2.24, 2.45) is 0 Å². The minimum atomic E-state index is -4.70. The molecular weight excluding hydrogens is 405 g/mol. The zero-order chi connectivity index (χ0) is 21.0. The zero-order valence-corrected chi connectivity index (χ0v) is 15.9. The van der Waals surface area contributed by atoms with Gasteiger partial charge in [0, 0.05) is 35.9 Å². The van der Waals surface area contributed by atoms with Crippen LogP contribution in [0, 0.1) is 0 Å². The molecule has 0 spiro atoms. The third-order valence-electron chi connectivity index (χ3n) is 3.72. The van der Waals surface area contributed by atoms with Gasteiger partial charge in [0.25, 0.3) is 0 Å². The predicted molar refractivity (Wildman–Crippen MR) is 103 cm³/mol. The van der Waals surface area contributed by atoms with Crippen LogP contribution < -0.4 is 10.6 Å². The third-order valence-corrected chi connectivity index (χ3v) is 4.66. The Balaban J connectivity index is 1.75. The van der Waals surface area contributed by atoms with E-state index in [4.69, 9.17) is 0 Å². The molecular formula is C19H15F3N4O2S. The van der Waals surface area contributed by atoms with Crippen LogP contribution >= 0.6 is 11.3 Å². The van der Waals surface area contributed by atoms with Crippen LogP contribution in [0.15, 0.2) is 48.1 Å². The molecule has 3 rings (SSSR count). The van der Waals surface area contributed by atoms with E-state index in [-0.39, 0.29) is 17.8 Å². The number of nitrogens with zero attached hydrogens (tertiary/aromatic N) is 2. The van der Waals surface area contributed by atoms with Crippen LogP contribution in [0.25, 0.3) is 10.6 Å². The number of hydrogen-bond acceptors (Lipinski definition) is 5. The summed E-state index contributed by atoms with van der Waals surface area (Å²) >= 11 is 1.31. The van der Waals surface area contributed by atoms with Gasteiger partial charge in [-0.15, -0.1) is 11.3 Å². The summed E-state index contributed by atoms with van der Waals surface area (Å²) in [6, 6.07) is 6.75. The minimum absolute atomic E-state index is 0.0107. The molecule has 0 aliphatic heterocycles. The number of carbonyl (C=O) groups excluding carboxylic acids is 2. The summed E-state index contributed by atoms with van der Waals surface area (Å²) in [5, 5.41) is 6.90.